The minimum absolute atomic E-state index is 0.00170. The highest BCUT2D eigenvalue weighted by molar-refractivity contribution is 5.50. The maximum absolute atomic E-state index is 12.6. The first-order chi connectivity index (χ1) is 50.6. The molecule has 2 heterocycles. The van der Waals surface area contributed by atoms with Gasteiger partial charge in [-0.3, -0.25) is 19.6 Å². The molecule has 0 fully saturated rings. The number of phenolic OH excluding ortho intramolecular Hbond substituents is 4. The van der Waals surface area contributed by atoms with E-state index >= 15 is 0 Å². The number of aromatic hydroxyl groups is 4. The molecule has 584 valence electrons. The number of hydrogen-bond donors (Lipinski definition) is 7. The summed E-state index contributed by atoms with van der Waals surface area (Å²) in [7, 11) is 0. The highest BCUT2D eigenvalue weighted by Gasteiger charge is 2.33. The summed E-state index contributed by atoms with van der Waals surface area (Å²) in [6, 6.07) is 60.9. The van der Waals surface area contributed by atoms with Crippen LogP contribution in [0.15, 0.2) is 170 Å². The number of hydrogen-bond acceptors (Lipinski definition) is 11. The molecule has 8 aromatic rings. The number of nitrogens with one attached hydrogen (secondary N) is 3. The maximum Gasteiger partial charge on any atom is 0.124 e. The Bertz CT molecular complexity index is 3690. The maximum atomic E-state index is 12.6. The minimum Gasteiger partial charge on any atom is -0.507 e. The van der Waals surface area contributed by atoms with Crippen LogP contribution in [0.5, 0.6) is 23.0 Å². The summed E-state index contributed by atoms with van der Waals surface area (Å²) in [5.41, 5.74) is 17.3. The van der Waals surface area contributed by atoms with Crippen molar-refractivity contribution < 1.29 is 20.4 Å². The monoisotopic (exact) mass is 1460 g/mol. The molecule has 0 aliphatic carbocycles. The van der Waals surface area contributed by atoms with Gasteiger partial charge in [-0.2, -0.15) is 0 Å². The van der Waals surface area contributed by atoms with E-state index in [-0.39, 0.29) is 43.3 Å². The largest absolute Gasteiger partial charge is 0.507 e. The normalized spacial score (nSPS) is 18.3. The van der Waals surface area contributed by atoms with Gasteiger partial charge in [-0.1, -0.05) is 308 Å². The first kappa shape index (κ1) is 84.7. The quantitative estimate of drug-likeness (QED) is 0.0785. The van der Waals surface area contributed by atoms with Crippen molar-refractivity contribution in [3.05, 3.63) is 259 Å². The van der Waals surface area contributed by atoms with Gasteiger partial charge in [0.25, 0.3) is 0 Å². The van der Waals surface area contributed by atoms with Crippen LogP contribution < -0.4 is 16.0 Å². The third-order valence-electron chi connectivity index (χ3n) is 21.8. The lowest BCUT2D eigenvalue weighted by atomic mass is 9.82. The van der Waals surface area contributed by atoms with Crippen LogP contribution in [0.3, 0.4) is 0 Å². The van der Waals surface area contributed by atoms with E-state index < -0.39 is 0 Å². The van der Waals surface area contributed by atoms with Crippen LogP contribution in [-0.2, 0) is 100 Å². The van der Waals surface area contributed by atoms with Gasteiger partial charge in [-0.15, -0.1) is 0 Å². The number of phenols is 4. The number of benzene rings is 8. The summed E-state index contributed by atoms with van der Waals surface area (Å²) in [6.07, 6.45) is 2.92. The Kier molecular flexibility index (Phi) is 28.1. The van der Waals surface area contributed by atoms with Gasteiger partial charge in [0.2, 0.25) is 0 Å². The Hall–Kier alpha value is -7.32. The fraction of sp³-hybridized carbons (Fsp3) is 0.505. The number of fused-ring (bicyclic) bond motifs is 8. The molecule has 0 unspecified atom stereocenters. The highest BCUT2D eigenvalue weighted by atomic mass is 16.3. The Morgan fingerprint density at radius 2 is 0.519 bits per heavy atom. The van der Waals surface area contributed by atoms with Crippen molar-refractivity contribution in [2.24, 2.45) is 21.7 Å². The molecule has 8 bridgehead atoms. The second-order valence-electron chi connectivity index (χ2n) is 39.4. The van der Waals surface area contributed by atoms with Gasteiger partial charge in [0.05, 0.1) is 0 Å². The molecule has 0 saturated carbocycles. The molecule has 2 aliphatic heterocycles. The minimum atomic E-state index is -0.185. The summed E-state index contributed by atoms with van der Waals surface area (Å²) in [6.45, 7) is 58.7. The van der Waals surface area contributed by atoms with Crippen LogP contribution >= 0.6 is 0 Å². The van der Waals surface area contributed by atoms with Gasteiger partial charge in [0.1, 0.15) is 23.0 Å². The average Bonchev–Trinajstić information content (AvgIpc) is 0.817. The molecule has 0 spiro atoms. The van der Waals surface area contributed by atoms with Crippen molar-refractivity contribution in [2.75, 3.05) is 45.8 Å². The molecular formula is C97H137N7O4. The van der Waals surface area contributed by atoms with E-state index in [1.807, 2.05) is 0 Å². The smallest absolute Gasteiger partial charge is 0.124 e. The number of aryl methyl sites for hydroxylation is 1. The molecule has 7 N–H and O–H groups in total. The van der Waals surface area contributed by atoms with E-state index in [0.717, 1.165) is 136 Å². The van der Waals surface area contributed by atoms with E-state index in [2.05, 4.69) is 344 Å². The lowest BCUT2D eigenvalue weighted by Gasteiger charge is -2.39. The van der Waals surface area contributed by atoms with Crippen molar-refractivity contribution in [3.63, 3.8) is 0 Å². The molecular weight excluding hydrogens is 1330 g/mol. The topological polar surface area (TPSA) is 130 Å². The van der Waals surface area contributed by atoms with Crippen molar-refractivity contribution >= 4 is 0 Å². The molecule has 11 nitrogen and oxygen atoms in total. The second-order valence-corrected chi connectivity index (χ2v) is 39.4. The first-order valence-corrected chi connectivity index (χ1v) is 40.1. The summed E-state index contributed by atoms with van der Waals surface area (Å²) in [4.78, 5) is 10.2. The Labute approximate surface area is 653 Å². The Morgan fingerprint density at radius 3 is 0.778 bits per heavy atom. The summed E-state index contributed by atoms with van der Waals surface area (Å²) < 4.78 is 0. The average molecular weight is 1470 g/mol. The molecule has 10 rings (SSSR count). The van der Waals surface area contributed by atoms with Crippen LogP contribution in [0.1, 0.15) is 240 Å². The van der Waals surface area contributed by atoms with Crippen LogP contribution in [0.4, 0.5) is 0 Å². The molecule has 108 heavy (non-hydrogen) atoms. The van der Waals surface area contributed by atoms with Gasteiger partial charge in [0, 0.05) is 157 Å². The summed E-state index contributed by atoms with van der Waals surface area (Å²) in [5.74, 6) is 1.66. The molecule has 11 heteroatoms. The van der Waals surface area contributed by atoms with E-state index in [9.17, 15) is 20.4 Å². The Morgan fingerprint density at radius 1 is 0.296 bits per heavy atom. The fourth-order valence-electron chi connectivity index (χ4n) is 15.9. The van der Waals surface area contributed by atoms with Crippen molar-refractivity contribution in [1.29, 1.82) is 0 Å². The van der Waals surface area contributed by atoms with E-state index in [1.165, 1.54) is 44.5 Å². The number of rotatable bonds is 8. The van der Waals surface area contributed by atoms with Crippen LogP contribution in [0.25, 0.3) is 0 Å². The third kappa shape index (κ3) is 25.4. The zero-order chi connectivity index (χ0) is 78.6. The molecule has 0 atom stereocenters. The van der Waals surface area contributed by atoms with Gasteiger partial charge < -0.3 is 36.4 Å². The van der Waals surface area contributed by atoms with Crippen LogP contribution in [0.2, 0.25) is 0 Å². The second kappa shape index (κ2) is 35.8. The molecule has 0 radical (unpaired) electrons. The molecule has 0 saturated heterocycles. The zero-order valence-corrected chi connectivity index (χ0v) is 70.1. The fourth-order valence-corrected chi connectivity index (χ4v) is 15.9. The van der Waals surface area contributed by atoms with Gasteiger partial charge >= 0.3 is 0 Å². The van der Waals surface area contributed by atoms with Crippen molar-refractivity contribution in [2.45, 2.75) is 251 Å². The SMILES string of the molecule is CC1(C)CCCc2cc(C(C)(C)C)cc(c2O)CNCC(C)(C)CNCc2cc(C(C)(C)C)cc(c2O)CNC1.CC1(C)CN(Cc2ccccc2)Cc2cc(C(C)(C)C)cc(c2O)CN(Cc2ccccc2)CC(C)(C)CN(Cc2ccccc2)Cc2cc(C(C)(C)C)cc(c2O)CN(Cc2ccccc2)C1. The Balaban J connectivity index is 0.000000286. The van der Waals surface area contributed by atoms with Crippen molar-refractivity contribution in [1.82, 2.24) is 35.6 Å². The predicted octanol–water partition coefficient (Wildman–Crippen LogP) is 20.5. The van der Waals surface area contributed by atoms with Crippen molar-refractivity contribution in [3.8, 4) is 23.0 Å². The summed E-state index contributed by atoms with van der Waals surface area (Å²) >= 11 is 0. The van der Waals surface area contributed by atoms with E-state index in [4.69, 9.17) is 0 Å². The summed E-state index contributed by atoms with van der Waals surface area (Å²) in [5, 5.41) is 58.6. The zero-order valence-electron chi connectivity index (χ0n) is 70.1. The van der Waals surface area contributed by atoms with E-state index in [1.54, 1.807) is 0 Å². The predicted molar refractivity (Wildman–Crippen MR) is 453 cm³/mol. The molecule has 0 amide bonds. The van der Waals surface area contributed by atoms with Gasteiger partial charge in [-0.05, 0) is 113 Å². The highest BCUT2D eigenvalue weighted by Crippen LogP contribution is 2.40. The first-order valence-electron chi connectivity index (χ1n) is 40.1. The standard InChI is InChI=1S/C62H80N4O2.C35H57N3O2/c1-59(2,3)55-31-51-39-63(35-47-23-15-11-16-24-47)43-61(7,8)45-65(37-49-27-19-13-20-28-49)41-53-33-56(60(4,5)6)34-54(58(53)68)42-66(38-50-29-21-14-22-30-50)46-62(9,10)44-64(40-52(32-55)57(51)67)36-48-25-17-12-18-26-48;1-32(2,3)28-14-24-12-11-13-34(7,8)21-36-19-26-16-29(33(4,5)6)17-27(31(26)40)20-38-23-35(9,10)22-37-18-25(15-28)30(24)39/h11-34,67-68H,35-46H2,1-10H3;14-17,36-40H,11-13,18-23H2,1-10H3. The van der Waals surface area contributed by atoms with Gasteiger partial charge in [0.15, 0.2) is 0 Å². The number of nitrogens with zero attached hydrogens (tertiary/aromatic N) is 4. The molecule has 8 aromatic carbocycles. The molecule has 2 aliphatic rings. The lowest BCUT2D eigenvalue weighted by molar-refractivity contribution is 0.0997. The third-order valence-corrected chi connectivity index (χ3v) is 21.8. The molecule has 0 aromatic heterocycles. The van der Waals surface area contributed by atoms with Gasteiger partial charge in [-0.25, -0.2) is 0 Å². The van der Waals surface area contributed by atoms with E-state index in [0.29, 0.717) is 68.8 Å². The lowest BCUT2D eigenvalue weighted by Crippen LogP contribution is -2.42. The van der Waals surface area contributed by atoms with Crippen LogP contribution in [0, 0.1) is 21.7 Å². The van der Waals surface area contributed by atoms with Crippen LogP contribution in [-0.4, -0.2) is 85.8 Å².